The maximum atomic E-state index is 14.2. The first-order chi connectivity index (χ1) is 14.2. The molecule has 0 saturated carbocycles. The minimum Gasteiger partial charge on any atom is -0.370 e. The van der Waals surface area contributed by atoms with Gasteiger partial charge in [0.05, 0.1) is 25.0 Å². The van der Waals surface area contributed by atoms with E-state index in [0.29, 0.717) is 42.2 Å². The van der Waals surface area contributed by atoms with Crippen molar-refractivity contribution >= 4 is 17.0 Å². The zero-order valence-electron chi connectivity index (χ0n) is 15.5. The highest BCUT2D eigenvalue weighted by Crippen LogP contribution is 2.26. The Morgan fingerprint density at radius 1 is 1.10 bits per heavy atom. The molecule has 1 aliphatic heterocycles. The van der Waals surface area contributed by atoms with Crippen molar-refractivity contribution in [1.82, 2.24) is 19.7 Å². The van der Waals surface area contributed by atoms with Gasteiger partial charge in [0.1, 0.15) is 17.3 Å². The number of benzene rings is 2. The van der Waals surface area contributed by atoms with E-state index in [9.17, 15) is 9.18 Å². The van der Waals surface area contributed by atoms with Crippen LogP contribution in [0.2, 0.25) is 0 Å². The van der Waals surface area contributed by atoms with Crippen molar-refractivity contribution < 1.29 is 9.13 Å². The fourth-order valence-corrected chi connectivity index (χ4v) is 3.58. The van der Waals surface area contributed by atoms with Crippen LogP contribution in [0.5, 0.6) is 0 Å². The van der Waals surface area contributed by atoms with Gasteiger partial charge in [-0.15, -0.1) is 0 Å². The molecule has 5 rings (SSSR count). The summed E-state index contributed by atoms with van der Waals surface area (Å²) in [5.41, 5.74) is 1.53. The fraction of sp³-hybridized carbons (Fsp3) is 0.190. The van der Waals surface area contributed by atoms with Crippen LogP contribution in [-0.4, -0.2) is 39.4 Å². The number of aromatic amines is 1. The molecule has 3 heterocycles. The lowest BCUT2D eigenvalue weighted by molar-refractivity contribution is 0.0370. The van der Waals surface area contributed by atoms with Crippen LogP contribution in [0, 0.1) is 5.82 Å². The number of halogens is 1. The number of nitrogens with one attached hydrogen (secondary N) is 1. The van der Waals surface area contributed by atoms with E-state index >= 15 is 0 Å². The molecule has 146 valence electrons. The van der Waals surface area contributed by atoms with E-state index in [1.165, 1.54) is 12.3 Å². The Morgan fingerprint density at radius 2 is 1.90 bits per heavy atom. The van der Waals surface area contributed by atoms with Gasteiger partial charge in [-0.1, -0.05) is 36.4 Å². The third-order valence-electron chi connectivity index (χ3n) is 5.04. The fourth-order valence-electron chi connectivity index (χ4n) is 3.58. The molecule has 0 radical (unpaired) electrons. The van der Waals surface area contributed by atoms with Crippen molar-refractivity contribution in [3.05, 3.63) is 82.5 Å². The Balaban J connectivity index is 1.53. The average Bonchev–Trinajstić information content (AvgIpc) is 3.19. The monoisotopic (exact) mass is 391 g/mol. The topological polar surface area (TPSA) is 76.0 Å². The van der Waals surface area contributed by atoms with Gasteiger partial charge in [0, 0.05) is 12.1 Å². The predicted molar refractivity (Wildman–Crippen MR) is 107 cm³/mol. The molecular formula is C21H18FN5O2. The van der Waals surface area contributed by atoms with Crippen LogP contribution in [0.1, 0.15) is 11.7 Å². The first-order valence-corrected chi connectivity index (χ1v) is 9.35. The number of hydrogen-bond acceptors (Lipinski definition) is 5. The van der Waals surface area contributed by atoms with Gasteiger partial charge < -0.3 is 9.64 Å². The van der Waals surface area contributed by atoms with E-state index in [-0.39, 0.29) is 11.4 Å². The second-order valence-electron chi connectivity index (χ2n) is 6.85. The molecule has 1 atom stereocenters. The number of H-pyrrole nitrogens is 1. The van der Waals surface area contributed by atoms with Crippen LogP contribution in [-0.2, 0) is 4.74 Å². The third kappa shape index (κ3) is 3.17. The second kappa shape index (κ2) is 7.14. The summed E-state index contributed by atoms with van der Waals surface area (Å²) >= 11 is 0. The van der Waals surface area contributed by atoms with E-state index in [1.54, 1.807) is 22.9 Å². The van der Waals surface area contributed by atoms with Crippen LogP contribution < -0.4 is 10.5 Å². The molecule has 1 aliphatic rings. The number of morpholine rings is 1. The van der Waals surface area contributed by atoms with Crippen molar-refractivity contribution in [2.75, 3.05) is 24.6 Å². The Labute approximate surface area is 165 Å². The molecule has 1 fully saturated rings. The molecule has 2 aromatic heterocycles. The van der Waals surface area contributed by atoms with Crippen molar-refractivity contribution in [1.29, 1.82) is 0 Å². The van der Waals surface area contributed by atoms with Gasteiger partial charge in [-0.2, -0.15) is 10.1 Å². The molecule has 1 saturated heterocycles. The first kappa shape index (κ1) is 17.6. The number of anilines is 1. The Hall–Kier alpha value is -3.52. The number of hydrogen-bond donors (Lipinski definition) is 1. The molecule has 8 heteroatoms. The molecule has 29 heavy (non-hydrogen) atoms. The van der Waals surface area contributed by atoms with Gasteiger partial charge in [0.15, 0.2) is 5.65 Å². The normalized spacial score (nSPS) is 17.0. The standard InChI is InChI=1S/C21H18FN5O2/c22-17-9-5-4-8-15(17)18-13-26(10-11-29-18)21-24-19-16(20(28)25-21)12-23-27(19)14-6-2-1-3-7-14/h1-9,12,18H,10-11,13H2,(H,24,25,28). The van der Waals surface area contributed by atoms with E-state index in [0.717, 1.165) is 5.69 Å². The minimum absolute atomic E-state index is 0.263. The minimum atomic E-state index is -0.440. The largest absolute Gasteiger partial charge is 0.370 e. The highest BCUT2D eigenvalue weighted by molar-refractivity contribution is 5.76. The van der Waals surface area contributed by atoms with E-state index < -0.39 is 6.10 Å². The van der Waals surface area contributed by atoms with Crippen molar-refractivity contribution in [3.8, 4) is 5.69 Å². The van der Waals surface area contributed by atoms with E-state index in [2.05, 4.69) is 15.1 Å². The molecule has 2 aromatic carbocycles. The lowest BCUT2D eigenvalue weighted by Crippen LogP contribution is -2.40. The van der Waals surface area contributed by atoms with Crippen LogP contribution >= 0.6 is 0 Å². The number of para-hydroxylation sites is 1. The molecule has 4 aromatic rings. The van der Waals surface area contributed by atoms with Crippen LogP contribution in [0.4, 0.5) is 10.3 Å². The summed E-state index contributed by atoms with van der Waals surface area (Å²) in [4.78, 5) is 22.0. The van der Waals surface area contributed by atoms with E-state index in [1.807, 2.05) is 35.2 Å². The zero-order valence-corrected chi connectivity index (χ0v) is 15.5. The average molecular weight is 391 g/mol. The Bertz CT molecular complexity index is 1220. The maximum absolute atomic E-state index is 14.2. The van der Waals surface area contributed by atoms with Gasteiger partial charge in [0.25, 0.3) is 5.56 Å². The molecule has 0 amide bonds. The number of aromatic nitrogens is 4. The van der Waals surface area contributed by atoms with Crippen molar-refractivity contribution in [2.45, 2.75) is 6.10 Å². The quantitative estimate of drug-likeness (QED) is 0.581. The molecule has 7 nitrogen and oxygen atoms in total. The number of ether oxygens (including phenoxy) is 1. The second-order valence-corrected chi connectivity index (χ2v) is 6.85. The predicted octanol–water partition coefficient (Wildman–Crippen LogP) is 2.83. The molecule has 1 N–H and O–H groups in total. The first-order valence-electron chi connectivity index (χ1n) is 9.35. The summed E-state index contributed by atoms with van der Waals surface area (Å²) < 4.78 is 21.6. The number of nitrogens with zero attached hydrogens (tertiary/aromatic N) is 4. The number of rotatable bonds is 3. The van der Waals surface area contributed by atoms with E-state index in [4.69, 9.17) is 4.74 Å². The maximum Gasteiger partial charge on any atom is 0.263 e. The number of fused-ring (bicyclic) bond motifs is 1. The SMILES string of the molecule is O=c1[nH]c(N2CCOC(c3ccccc3F)C2)nc2c1cnn2-c1ccccc1. The van der Waals surface area contributed by atoms with Gasteiger partial charge in [-0.05, 0) is 18.2 Å². The lowest BCUT2D eigenvalue weighted by atomic mass is 10.1. The Morgan fingerprint density at radius 3 is 2.72 bits per heavy atom. The summed E-state index contributed by atoms with van der Waals surface area (Å²) in [5, 5.41) is 4.74. The summed E-state index contributed by atoms with van der Waals surface area (Å²) in [6.07, 6.45) is 1.07. The highest BCUT2D eigenvalue weighted by Gasteiger charge is 2.26. The van der Waals surface area contributed by atoms with Crippen LogP contribution in [0.3, 0.4) is 0 Å². The summed E-state index contributed by atoms with van der Waals surface area (Å²) in [7, 11) is 0. The molecule has 0 spiro atoms. The van der Waals surface area contributed by atoms with Gasteiger partial charge in [-0.25, -0.2) is 9.07 Å². The molecular weight excluding hydrogens is 373 g/mol. The van der Waals surface area contributed by atoms with Crippen LogP contribution in [0.15, 0.2) is 65.6 Å². The highest BCUT2D eigenvalue weighted by atomic mass is 19.1. The summed E-state index contributed by atoms with van der Waals surface area (Å²) in [5.74, 6) is 0.114. The van der Waals surface area contributed by atoms with Gasteiger partial charge >= 0.3 is 0 Å². The van der Waals surface area contributed by atoms with Crippen molar-refractivity contribution in [2.24, 2.45) is 0 Å². The summed E-state index contributed by atoms with van der Waals surface area (Å²) in [6, 6.07) is 16.1. The van der Waals surface area contributed by atoms with Gasteiger partial charge in [0.2, 0.25) is 5.95 Å². The molecule has 1 unspecified atom stereocenters. The van der Waals surface area contributed by atoms with Gasteiger partial charge in [-0.3, -0.25) is 9.78 Å². The van der Waals surface area contributed by atoms with Crippen LogP contribution in [0.25, 0.3) is 16.7 Å². The van der Waals surface area contributed by atoms with Crippen molar-refractivity contribution in [3.63, 3.8) is 0 Å². The lowest BCUT2D eigenvalue weighted by Gasteiger charge is -2.33. The zero-order chi connectivity index (χ0) is 19.8. The summed E-state index contributed by atoms with van der Waals surface area (Å²) in [6.45, 7) is 1.33. The smallest absolute Gasteiger partial charge is 0.263 e. The molecule has 0 bridgehead atoms. The molecule has 0 aliphatic carbocycles. The third-order valence-corrected chi connectivity index (χ3v) is 5.04. The Kier molecular flexibility index (Phi) is 4.33.